The van der Waals surface area contributed by atoms with Crippen molar-refractivity contribution in [1.29, 1.82) is 0 Å². The molecule has 18 heavy (non-hydrogen) atoms. The van der Waals surface area contributed by atoms with Gasteiger partial charge in [0.25, 0.3) is 0 Å². The van der Waals surface area contributed by atoms with Crippen LogP contribution in [-0.2, 0) is 5.60 Å². The van der Waals surface area contributed by atoms with Gasteiger partial charge in [-0.2, -0.15) is 0 Å². The van der Waals surface area contributed by atoms with E-state index in [1.807, 2.05) is 12.1 Å². The van der Waals surface area contributed by atoms with E-state index in [2.05, 4.69) is 0 Å². The Morgan fingerprint density at radius 3 is 2.44 bits per heavy atom. The molecular formula is C14H12O4. The lowest BCUT2D eigenvalue weighted by Crippen LogP contribution is -2.05. The minimum absolute atomic E-state index is 0.659. The fourth-order valence-electron chi connectivity index (χ4n) is 2.64. The minimum atomic E-state index is -0.773. The van der Waals surface area contributed by atoms with Gasteiger partial charge >= 0.3 is 0 Å². The average Bonchev–Trinajstić information content (AvgIpc) is 2.84. The molecule has 0 saturated heterocycles. The predicted molar refractivity (Wildman–Crippen MR) is 65.7 cm³/mol. The first-order valence-corrected chi connectivity index (χ1v) is 5.92. The smallest absolute Gasteiger partial charge is 0.176 e. The molecule has 2 heterocycles. The zero-order valence-electron chi connectivity index (χ0n) is 9.90. The molecular weight excluding hydrogens is 232 g/mol. The fraction of sp³-hybridized carbons (Fsp3) is 0.286. The number of hydrogen-bond donors (Lipinski definition) is 1. The SMILES string of the molecule is COc1c2ccoc2c(C2(O)CC2)c2ccoc12. The van der Waals surface area contributed by atoms with E-state index >= 15 is 0 Å². The largest absolute Gasteiger partial charge is 0.492 e. The molecule has 1 fully saturated rings. The van der Waals surface area contributed by atoms with E-state index in [0.717, 1.165) is 29.2 Å². The third-order valence-electron chi connectivity index (χ3n) is 3.67. The molecule has 0 unspecified atom stereocenters. The number of benzene rings is 1. The molecule has 0 bridgehead atoms. The molecule has 92 valence electrons. The minimum Gasteiger partial charge on any atom is -0.492 e. The molecule has 1 N–H and O–H groups in total. The van der Waals surface area contributed by atoms with Crippen molar-refractivity contribution in [2.24, 2.45) is 0 Å². The summed E-state index contributed by atoms with van der Waals surface area (Å²) in [7, 11) is 1.61. The monoisotopic (exact) mass is 244 g/mol. The third-order valence-corrected chi connectivity index (χ3v) is 3.67. The Bertz CT molecular complexity index is 694. The quantitative estimate of drug-likeness (QED) is 0.752. The highest BCUT2D eigenvalue weighted by Gasteiger charge is 2.46. The van der Waals surface area contributed by atoms with Crippen LogP contribution in [0.4, 0.5) is 0 Å². The van der Waals surface area contributed by atoms with E-state index in [-0.39, 0.29) is 0 Å². The van der Waals surface area contributed by atoms with Crippen LogP contribution in [0.15, 0.2) is 33.5 Å². The van der Waals surface area contributed by atoms with Gasteiger partial charge in [-0.3, -0.25) is 0 Å². The predicted octanol–water partition coefficient (Wildman–Crippen LogP) is 3.17. The normalized spacial score (nSPS) is 17.4. The second kappa shape index (κ2) is 3.09. The molecule has 0 amide bonds. The number of furan rings is 2. The second-order valence-corrected chi connectivity index (χ2v) is 4.77. The molecule has 0 aliphatic heterocycles. The molecule has 4 nitrogen and oxygen atoms in total. The second-order valence-electron chi connectivity index (χ2n) is 4.77. The summed E-state index contributed by atoms with van der Waals surface area (Å²) in [5.74, 6) is 0.659. The van der Waals surface area contributed by atoms with Crippen molar-refractivity contribution in [3.05, 3.63) is 30.2 Å². The highest BCUT2D eigenvalue weighted by atomic mass is 16.5. The fourth-order valence-corrected chi connectivity index (χ4v) is 2.64. The van der Waals surface area contributed by atoms with Crippen LogP contribution in [0.25, 0.3) is 21.9 Å². The molecule has 1 aliphatic carbocycles. The first-order valence-electron chi connectivity index (χ1n) is 5.92. The zero-order chi connectivity index (χ0) is 12.3. The molecule has 1 aromatic carbocycles. The Kier molecular flexibility index (Phi) is 1.72. The van der Waals surface area contributed by atoms with E-state index in [1.54, 1.807) is 19.6 Å². The van der Waals surface area contributed by atoms with E-state index in [9.17, 15) is 5.11 Å². The molecule has 4 rings (SSSR count). The molecule has 4 heteroatoms. The summed E-state index contributed by atoms with van der Waals surface area (Å²) >= 11 is 0. The van der Waals surface area contributed by atoms with Crippen molar-refractivity contribution in [3.63, 3.8) is 0 Å². The Morgan fingerprint density at radius 1 is 1.11 bits per heavy atom. The van der Waals surface area contributed by atoms with Gasteiger partial charge in [0.05, 0.1) is 30.6 Å². The Balaban J connectivity index is 2.25. The molecule has 1 aliphatic rings. The van der Waals surface area contributed by atoms with Crippen molar-refractivity contribution in [3.8, 4) is 5.75 Å². The first kappa shape index (κ1) is 10.0. The first-order chi connectivity index (χ1) is 8.74. The Labute approximate surface area is 103 Å². The highest BCUT2D eigenvalue weighted by molar-refractivity contribution is 6.05. The van der Waals surface area contributed by atoms with Gasteiger partial charge in [0.1, 0.15) is 5.58 Å². The topological polar surface area (TPSA) is 55.7 Å². The van der Waals surface area contributed by atoms with E-state index in [0.29, 0.717) is 16.9 Å². The summed E-state index contributed by atoms with van der Waals surface area (Å²) in [6.07, 6.45) is 4.74. The summed E-state index contributed by atoms with van der Waals surface area (Å²) in [5.41, 5.74) is 1.42. The summed E-state index contributed by atoms with van der Waals surface area (Å²) in [4.78, 5) is 0. The van der Waals surface area contributed by atoms with Crippen LogP contribution >= 0.6 is 0 Å². The van der Waals surface area contributed by atoms with Gasteiger partial charge in [-0.15, -0.1) is 0 Å². The molecule has 0 atom stereocenters. The molecule has 2 aromatic heterocycles. The van der Waals surface area contributed by atoms with Crippen LogP contribution in [0.5, 0.6) is 5.75 Å². The molecule has 0 radical (unpaired) electrons. The van der Waals surface area contributed by atoms with Crippen molar-refractivity contribution >= 4 is 21.9 Å². The lowest BCUT2D eigenvalue weighted by atomic mass is 10.00. The van der Waals surface area contributed by atoms with E-state index < -0.39 is 5.60 Å². The zero-order valence-corrected chi connectivity index (χ0v) is 9.90. The summed E-state index contributed by atoms with van der Waals surface area (Å²) in [6.45, 7) is 0. The number of methoxy groups -OCH3 is 1. The van der Waals surface area contributed by atoms with Gasteiger partial charge in [-0.25, -0.2) is 0 Å². The van der Waals surface area contributed by atoms with E-state index in [4.69, 9.17) is 13.6 Å². The summed E-state index contributed by atoms with van der Waals surface area (Å²) in [6, 6.07) is 3.69. The van der Waals surface area contributed by atoms with Crippen molar-refractivity contribution in [2.75, 3.05) is 7.11 Å². The number of hydrogen-bond acceptors (Lipinski definition) is 4. The van der Waals surface area contributed by atoms with Crippen molar-refractivity contribution < 1.29 is 18.7 Å². The van der Waals surface area contributed by atoms with Crippen LogP contribution in [-0.4, -0.2) is 12.2 Å². The van der Waals surface area contributed by atoms with Crippen molar-refractivity contribution in [2.45, 2.75) is 18.4 Å². The lowest BCUT2D eigenvalue weighted by Gasteiger charge is -2.12. The van der Waals surface area contributed by atoms with Crippen LogP contribution in [0, 0.1) is 0 Å². The third kappa shape index (κ3) is 1.08. The molecule has 0 spiro atoms. The van der Waals surface area contributed by atoms with Crippen molar-refractivity contribution in [1.82, 2.24) is 0 Å². The van der Waals surface area contributed by atoms with Gasteiger partial charge < -0.3 is 18.7 Å². The van der Waals surface area contributed by atoms with Gasteiger partial charge in [0, 0.05) is 10.9 Å². The van der Waals surface area contributed by atoms with Crippen LogP contribution in [0.1, 0.15) is 18.4 Å². The van der Waals surface area contributed by atoms with Crippen LogP contribution in [0.3, 0.4) is 0 Å². The average molecular weight is 244 g/mol. The maximum absolute atomic E-state index is 10.5. The number of aliphatic hydroxyl groups is 1. The number of ether oxygens (including phenoxy) is 1. The highest BCUT2D eigenvalue weighted by Crippen LogP contribution is 2.52. The van der Waals surface area contributed by atoms with Gasteiger partial charge in [0.15, 0.2) is 11.3 Å². The van der Waals surface area contributed by atoms with Crippen LogP contribution < -0.4 is 4.74 Å². The van der Waals surface area contributed by atoms with Gasteiger partial charge in [0.2, 0.25) is 0 Å². The number of fused-ring (bicyclic) bond motifs is 2. The maximum Gasteiger partial charge on any atom is 0.176 e. The molecule has 3 aromatic rings. The Morgan fingerprint density at radius 2 is 1.78 bits per heavy atom. The molecule has 1 saturated carbocycles. The van der Waals surface area contributed by atoms with E-state index in [1.165, 1.54) is 0 Å². The lowest BCUT2D eigenvalue weighted by molar-refractivity contribution is 0.153. The van der Waals surface area contributed by atoms with Crippen LogP contribution in [0.2, 0.25) is 0 Å². The standard InChI is InChI=1S/C14H12O4/c1-16-12-9-3-7-17-11(9)10(14(15)4-5-14)8-2-6-18-13(8)12/h2-3,6-7,15H,4-5H2,1H3. The Hall–Kier alpha value is -1.94. The van der Waals surface area contributed by atoms with Gasteiger partial charge in [-0.1, -0.05) is 0 Å². The summed E-state index contributed by atoms with van der Waals surface area (Å²) in [5, 5.41) is 12.2. The maximum atomic E-state index is 10.5. The summed E-state index contributed by atoms with van der Waals surface area (Å²) < 4.78 is 16.5. The van der Waals surface area contributed by atoms with Gasteiger partial charge in [-0.05, 0) is 25.0 Å². The number of rotatable bonds is 2.